The number of benzene rings is 2. The Balaban J connectivity index is 1.48. The Bertz CT molecular complexity index is 1060. The van der Waals surface area contributed by atoms with E-state index in [1.165, 1.54) is 50.5 Å². The molecule has 3 aromatic rings. The average Bonchev–Trinajstić information content (AvgIpc) is 3.49. The minimum atomic E-state index is -0.0607. The number of aromatic amines is 1. The lowest BCUT2D eigenvalue weighted by Crippen LogP contribution is -2.21. The molecule has 0 spiro atoms. The molecule has 1 amide bonds. The maximum Gasteiger partial charge on any atom is 0.255 e. The van der Waals surface area contributed by atoms with Crippen molar-refractivity contribution in [1.82, 2.24) is 9.97 Å². The van der Waals surface area contributed by atoms with Crippen molar-refractivity contribution in [2.75, 3.05) is 23.3 Å². The third kappa shape index (κ3) is 4.18. The van der Waals surface area contributed by atoms with Crippen molar-refractivity contribution in [2.24, 2.45) is 0 Å². The Morgan fingerprint density at radius 1 is 1.06 bits per heavy atom. The molecule has 2 aliphatic rings. The monoisotopic (exact) mass is 416 g/mol. The van der Waals surface area contributed by atoms with Gasteiger partial charge in [0.25, 0.3) is 5.91 Å². The van der Waals surface area contributed by atoms with Crippen LogP contribution in [-0.2, 0) is 6.42 Å². The molecule has 1 aromatic heterocycles. The molecule has 1 saturated carbocycles. The second-order valence-electron chi connectivity index (χ2n) is 9.04. The second kappa shape index (κ2) is 8.74. The number of amides is 1. The van der Waals surface area contributed by atoms with E-state index in [4.69, 9.17) is 4.98 Å². The van der Waals surface area contributed by atoms with Gasteiger partial charge in [0, 0.05) is 24.6 Å². The van der Waals surface area contributed by atoms with Crippen molar-refractivity contribution >= 4 is 28.3 Å². The van der Waals surface area contributed by atoms with Crippen LogP contribution in [0, 0.1) is 0 Å². The molecule has 0 unspecified atom stereocenters. The summed E-state index contributed by atoms with van der Waals surface area (Å²) in [5.74, 6) is 1.58. The quantitative estimate of drug-likeness (QED) is 0.534. The van der Waals surface area contributed by atoms with Crippen molar-refractivity contribution in [3.05, 3.63) is 53.3 Å². The summed E-state index contributed by atoms with van der Waals surface area (Å²) in [7, 11) is 0. The Morgan fingerprint density at radius 2 is 1.81 bits per heavy atom. The molecule has 2 heterocycles. The zero-order chi connectivity index (χ0) is 21.2. The number of nitrogens with zero attached hydrogens (tertiary/aromatic N) is 2. The summed E-state index contributed by atoms with van der Waals surface area (Å²) in [6.45, 7) is 4.18. The molecular formula is C26H32N4O. The minimum Gasteiger partial charge on any atom is -0.370 e. The molecule has 1 saturated heterocycles. The van der Waals surface area contributed by atoms with Crippen molar-refractivity contribution < 1.29 is 4.79 Å². The molecule has 2 N–H and O–H groups in total. The number of H-pyrrole nitrogens is 1. The molecule has 31 heavy (non-hydrogen) atoms. The smallest absolute Gasteiger partial charge is 0.255 e. The van der Waals surface area contributed by atoms with Gasteiger partial charge in [-0.2, -0.15) is 0 Å². The highest BCUT2D eigenvalue weighted by molar-refractivity contribution is 6.07. The van der Waals surface area contributed by atoms with Gasteiger partial charge in [-0.3, -0.25) is 4.79 Å². The summed E-state index contributed by atoms with van der Waals surface area (Å²) >= 11 is 0. The van der Waals surface area contributed by atoms with E-state index in [9.17, 15) is 4.79 Å². The van der Waals surface area contributed by atoms with Gasteiger partial charge in [0.05, 0.1) is 22.4 Å². The number of nitrogens with one attached hydrogen (secondary N) is 2. The summed E-state index contributed by atoms with van der Waals surface area (Å²) in [5.41, 5.74) is 5.91. The number of imidazole rings is 1. The highest BCUT2D eigenvalue weighted by Gasteiger charge is 2.22. The number of rotatable bonds is 5. The fraction of sp³-hybridized carbons (Fsp3) is 0.462. The lowest BCUT2D eigenvalue weighted by Gasteiger charge is -2.21. The van der Waals surface area contributed by atoms with E-state index in [1.807, 2.05) is 24.3 Å². The van der Waals surface area contributed by atoms with Crippen molar-refractivity contribution in [1.29, 1.82) is 0 Å². The van der Waals surface area contributed by atoms with E-state index in [-0.39, 0.29) is 5.91 Å². The largest absolute Gasteiger partial charge is 0.370 e. The van der Waals surface area contributed by atoms with Crippen LogP contribution >= 0.6 is 0 Å². The van der Waals surface area contributed by atoms with Crippen LogP contribution in [0.4, 0.5) is 11.4 Å². The number of hydrogen-bond acceptors (Lipinski definition) is 3. The molecule has 162 valence electrons. The molecular weight excluding hydrogens is 384 g/mol. The van der Waals surface area contributed by atoms with Gasteiger partial charge in [0.2, 0.25) is 0 Å². The van der Waals surface area contributed by atoms with Gasteiger partial charge in [-0.05, 0) is 61.9 Å². The average molecular weight is 417 g/mol. The van der Waals surface area contributed by atoms with E-state index in [0.717, 1.165) is 47.7 Å². The van der Waals surface area contributed by atoms with E-state index < -0.39 is 0 Å². The predicted octanol–water partition coefficient (Wildman–Crippen LogP) is 6.03. The zero-order valence-electron chi connectivity index (χ0n) is 18.4. The van der Waals surface area contributed by atoms with Gasteiger partial charge in [-0.15, -0.1) is 0 Å². The van der Waals surface area contributed by atoms with Gasteiger partial charge in [-0.1, -0.05) is 38.3 Å². The minimum absolute atomic E-state index is 0.0607. The highest BCUT2D eigenvalue weighted by Crippen LogP contribution is 2.36. The topological polar surface area (TPSA) is 61.0 Å². The molecule has 2 fully saturated rings. The van der Waals surface area contributed by atoms with E-state index >= 15 is 0 Å². The van der Waals surface area contributed by atoms with Gasteiger partial charge in [0.15, 0.2) is 0 Å². The molecule has 2 aromatic carbocycles. The molecule has 1 aliphatic carbocycles. The van der Waals surface area contributed by atoms with Crippen LogP contribution in [0.3, 0.4) is 0 Å². The highest BCUT2D eigenvalue weighted by atomic mass is 16.1. The maximum absolute atomic E-state index is 13.0. The first-order valence-electron chi connectivity index (χ1n) is 11.9. The van der Waals surface area contributed by atoms with Crippen LogP contribution < -0.4 is 10.2 Å². The Morgan fingerprint density at radius 3 is 2.52 bits per heavy atom. The number of carbonyl (C=O) groups excluding carboxylic acids is 1. The van der Waals surface area contributed by atoms with Crippen molar-refractivity contribution in [2.45, 2.75) is 64.2 Å². The van der Waals surface area contributed by atoms with Crippen LogP contribution in [0.25, 0.3) is 11.0 Å². The summed E-state index contributed by atoms with van der Waals surface area (Å²) < 4.78 is 0. The number of anilines is 2. The van der Waals surface area contributed by atoms with E-state index in [0.29, 0.717) is 11.5 Å². The zero-order valence-corrected chi connectivity index (χ0v) is 18.4. The molecule has 0 radical (unpaired) electrons. The normalized spacial score (nSPS) is 17.4. The Hall–Kier alpha value is -2.82. The SMILES string of the molecule is CCc1ccc(C(=O)Nc2cc3[nH]c(C4CCCCC4)nc3cc2N2CCCC2)cc1. The van der Waals surface area contributed by atoms with Gasteiger partial charge >= 0.3 is 0 Å². The molecule has 0 bridgehead atoms. The number of fused-ring (bicyclic) bond motifs is 1. The van der Waals surface area contributed by atoms with Crippen molar-refractivity contribution in [3.8, 4) is 0 Å². The predicted molar refractivity (Wildman–Crippen MR) is 127 cm³/mol. The van der Waals surface area contributed by atoms with Gasteiger partial charge < -0.3 is 15.2 Å². The van der Waals surface area contributed by atoms with Crippen LogP contribution in [0.15, 0.2) is 36.4 Å². The number of aryl methyl sites for hydroxylation is 1. The van der Waals surface area contributed by atoms with E-state index in [1.54, 1.807) is 0 Å². The second-order valence-corrected chi connectivity index (χ2v) is 9.04. The lowest BCUT2D eigenvalue weighted by atomic mass is 9.89. The maximum atomic E-state index is 13.0. The fourth-order valence-electron chi connectivity index (χ4n) is 5.04. The number of hydrogen-bond donors (Lipinski definition) is 2. The first-order valence-corrected chi connectivity index (χ1v) is 11.9. The van der Waals surface area contributed by atoms with Crippen LogP contribution in [0.2, 0.25) is 0 Å². The van der Waals surface area contributed by atoms with Gasteiger partial charge in [-0.25, -0.2) is 4.98 Å². The van der Waals surface area contributed by atoms with Crippen LogP contribution in [0.1, 0.15) is 79.5 Å². The first kappa shape index (κ1) is 20.1. The summed E-state index contributed by atoms with van der Waals surface area (Å²) in [6.07, 6.45) is 9.71. The van der Waals surface area contributed by atoms with E-state index in [2.05, 4.69) is 34.3 Å². The Kier molecular flexibility index (Phi) is 5.66. The Labute approximate surface area is 184 Å². The standard InChI is InChI=1S/C26H32N4O/c1-2-18-10-12-20(13-11-18)26(31)29-23-16-21-22(17-24(23)30-14-6-7-15-30)28-25(27-21)19-8-4-3-5-9-19/h10-13,16-17,19H,2-9,14-15H2,1H3,(H,27,28)(H,29,31). The summed E-state index contributed by atoms with van der Waals surface area (Å²) in [4.78, 5) is 23.9. The third-order valence-electron chi connectivity index (χ3n) is 6.93. The molecule has 5 rings (SSSR count). The summed E-state index contributed by atoms with van der Waals surface area (Å²) in [6, 6.07) is 12.1. The van der Waals surface area contributed by atoms with Gasteiger partial charge in [0.1, 0.15) is 5.82 Å². The third-order valence-corrected chi connectivity index (χ3v) is 6.93. The number of carbonyl (C=O) groups is 1. The lowest BCUT2D eigenvalue weighted by molar-refractivity contribution is 0.102. The molecule has 1 aliphatic heterocycles. The first-order chi connectivity index (χ1) is 15.2. The van der Waals surface area contributed by atoms with Crippen LogP contribution in [0.5, 0.6) is 0 Å². The molecule has 5 nitrogen and oxygen atoms in total. The molecule has 5 heteroatoms. The van der Waals surface area contributed by atoms with Crippen LogP contribution in [-0.4, -0.2) is 29.0 Å². The molecule has 0 atom stereocenters. The summed E-state index contributed by atoms with van der Waals surface area (Å²) in [5, 5.41) is 3.19. The number of aromatic nitrogens is 2. The van der Waals surface area contributed by atoms with Crippen molar-refractivity contribution in [3.63, 3.8) is 0 Å². The fourth-order valence-corrected chi connectivity index (χ4v) is 5.04.